The smallest absolute Gasteiger partial charge is 0.356 e. The zero-order valence-corrected chi connectivity index (χ0v) is 17.9. The third-order valence-corrected chi connectivity index (χ3v) is 6.23. The molecule has 10 heteroatoms. The molecule has 0 radical (unpaired) electrons. The van der Waals surface area contributed by atoms with E-state index in [1.165, 1.54) is 17.0 Å². The zero-order valence-electron chi connectivity index (χ0n) is 17.1. The number of rotatable bonds is 3. The van der Waals surface area contributed by atoms with E-state index in [1.807, 2.05) is 19.1 Å². The van der Waals surface area contributed by atoms with Crippen LogP contribution in [0.1, 0.15) is 35.4 Å². The Labute approximate surface area is 187 Å². The summed E-state index contributed by atoms with van der Waals surface area (Å²) in [6.07, 6.45) is -0.0782. The lowest BCUT2D eigenvalue weighted by atomic mass is 10.0. The van der Waals surface area contributed by atoms with Crippen LogP contribution in [-0.4, -0.2) is 40.3 Å². The first-order valence-electron chi connectivity index (χ1n) is 10.2. The molecule has 1 saturated heterocycles. The van der Waals surface area contributed by atoms with Gasteiger partial charge in [0.2, 0.25) is 0 Å². The molecule has 2 aromatic heterocycles. The predicted octanol–water partition coefficient (Wildman–Crippen LogP) is 5.05. The Morgan fingerprint density at radius 2 is 1.94 bits per heavy atom. The minimum absolute atomic E-state index is 0.172. The number of nitrogens with zero attached hydrogens (tertiary/aromatic N) is 5. The summed E-state index contributed by atoms with van der Waals surface area (Å²) in [5.74, 6) is 0.505. The van der Waals surface area contributed by atoms with Crippen LogP contribution in [0.4, 0.5) is 24.7 Å². The van der Waals surface area contributed by atoms with Crippen LogP contribution < -0.4 is 9.80 Å². The number of carbonyl (C=O) groups is 1. The van der Waals surface area contributed by atoms with E-state index in [4.69, 9.17) is 11.6 Å². The highest BCUT2D eigenvalue weighted by Gasteiger charge is 2.36. The van der Waals surface area contributed by atoms with Gasteiger partial charge in [0.1, 0.15) is 11.5 Å². The number of pyridine rings is 1. The molecule has 0 N–H and O–H groups in total. The van der Waals surface area contributed by atoms with Crippen molar-refractivity contribution in [2.75, 3.05) is 29.4 Å². The topological polar surface area (TPSA) is 54.3 Å². The van der Waals surface area contributed by atoms with Crippen molar-refractivity contribution in [2.24, 2.45) is 0 Å². The van der Waals surface area contributed by atoms with E-state index in [2.05, 4.69) is 15.0 Å². The fourth-order valence-electron chi connectivity index (χ4n) is 4.10. The van der Waals surface area contributed by atoms with Crippen molar-refractivity contribution in [3.8, 4) is 11.1 Å². The van der Waals surface area contributed by atoms with Crippen LogP contribution in [0.15, 0.2) is 42.7 Å². The fourth-order valence-corrected chi connectivity index (χ4v) is 4.38. The summed E-state index contributed by atoms with van der Waals surface area (Å²) in [4.78, 5) is 21.5. The highest BCUT2D eigenvalue weighted by Crippen LogP contribution is 2.39. The number of carbonyl (C=O) groups excluding carboxylic acids is 1. The molecule has 1 amide bonds. The van der Waals surface area contributed by atoms with Crippen molar-refractivity contribution < 1.29 is 18.0 Å². The quantitative estimate of drug-likeness (QED) is 0.548. The number of benzene rings is 1. The van der Waals surface area contributed by atoms with Gasteiger partial charge in [0.25, 0.3) is 5.91 Å². The van der Waals surface area contributed by atoms with Gasteiger partial charge in [0.05, 0.1) is 22.8 Å². The lowest BCUT2D eigenvalue weighted by Crippen LogP contribution is -2.42. The number of fused-ring (bicyclic) bond motifs is 1. The molecule has 0 bridgehead atoms. The van der Waals surface area contributed by atoms with Crippen LogP contribution >= 0.6 is 11.6 Å². The zero-order chi connectivity index (χ0) is 22.6. The molecule has 32 heavy (non-hydrogen) atoms. The van der Waals surface area contributed by atoms with E-state index in [-0.39, 0.29) is 18.5 Å². The Morgan fingerprint density at radius 1 is 1.16 bits per heavy atom. The molecular weight excluding hydrogens is 443 g/mol. The molecule has 1 atom stereocenters. The first-order chi connectivity index (χ1) is 15.2. The van der Waals surface area contributed by atoms with Crippen molar-refractivity contribution in [1.82, 2.24) is 14.8 Å². The van der Waals surface area contributed by atoms with Crippen molar-refractivity contribution in [3.63, 3.8) is 0 Å². The van der Waals surface area contributed by atoms with Crippen LogP contribution in [0.3, 0.4) is 0 Å². The van der Waals surface area contributed by atoms with Crippen LogP contribution in [0.2, 0.25) is 5.02 Å². The number of amides is 1. The molecule has 2 aliphatic heterocycles. The maximum absolute atomic E-state index is 13.5. The summed E-state index contributed by atoms with van der Waals surface area (Å²) in [6, 6.07) is 6.96. The molecule has 3 aromatic rings. The van der Waals surface area contributed by atoms with Gasteiger partial charge in [-0.3, -0.25) is 9.48 Å². The Morgan fingerprint density at radius 3 is 2.59 bits per heavy atom. The van der Waals surface area contributed by atoms with Crippen molar-refractivity contribution in [3.05, 3.63) is 59.0 Å². The van der Waals surface area contributed by atoms with Gasteiger partial charge in [0, 0.05) is 37.1 Å². The fraction of sp³-hybridized carbons (Fsp3) is 0.318. The second kappa shape index (κ2) is 7.51. The number of anilines is 2. The standard InChI is InChI=1S/C22H19ClF3N5O/c1-13-12-30(15-3-4-17(18(23)10-15)22(24,25)26)21(32)20-16(11-28-31(13)20)14-5-6-27-19(9-14)29-7-2-8-29/h3-6,9-11,13H,2,7-8,12H2,1H3/t13-/m0/s1. The first-order valence-corrected chi connectivity index (χ1v) is 10.6. The van der Waals surface area contributed by atoms with Crippen LogP contribution in [0, 0.1) is 0 Å². The Balaban J connectivity index is 1.53. The monoisotopic (exact) mass is 461 g/mol. The summed E-state index contributed by atoms with van der Waals surface area (Å²) in [6.45, 7) is 4.06. The first kappa shape index (κ1) is 20.8. The predicted molar refractivity (Wildman–Crippen MR) is 115 cm³/mol. The maximum atomic E-state index is 13.5. The van der Waals surface area contributed by atoms with Gasteiger partial charge >= 0.3 is 6.18 Å². The summed E-state index contributed by atoms with van der Waals surface area (Å²) < 4.78 is 40.9. The van der Waals surface area contributed by atoms with E-state index >= 15 is 0 Å². The normalized spacial score (nSPS) is 18.5. The van der Waals surface area contributed by atoms with E-state index in [1.54, 1.807) is 17.1 Å². The molecule has 0 aliphatic carbocycles. The molecule has 1 fully saturated rings. The summed E-state index contributed by atoms with van der Waals surface area (Å²) >= 11 is 5.90. The van der Waals surface area contributed by atoms with E-state index < -0.39 is 16.8 Å². The highest BCUT2D eigenvalue weighted by atomic mass is 35.5. The summed E-state index contributed by atoms with van der Waals surface area (Å²) in [5.41, 5.74) is 1.25. The molecular formula is C22H19ClF3N5O. The SMILES string of the molecule is C[C@H]1CN(c2ccc(C(F)(F)F)c(Cl)c2)C(=O)c2c(-c3ccnc(N4CCC4)c3)cnn21. The largest absolute Gasteiger partial charge is 0.417 e. The molecule has 0 spiro atoms. The van der Waals surface area contributed by atoms with E-state index in [0.717, 1.165) is 37.0 Å². The van der Waals surface area contributed by atoms with Gasteiger partial charge in [-0.15, -0.1) is 0 Å². The second-order valence-electron chi connectivity index (χ2n) is 8.02. The number of alkyl halides is 3. The minimum atomic E-state index is -4.56. The minimum Gasteiger partial charge on any atom is -0.356 e. The summed E-state index contributed by atoms with van der Waals surface area (Å²) in [5, 5.41) is 3.98. The molecule has 0 unspecified atom stereocenters. The third kappa shape index (κ3) is 3.40. The molecule has 166 valence electrons. The lowest BCUT2D eigenvalue weighted by molar-refractivity contribution is -0.137. The van der Waals surface area contributed by atoms with Crippen molar-refractivity contribution in [1.29, 1.82) is 0 Å². The molecule has 6 nitrogen and oxygen atoms in total. The number of halogens is 4. The number of hydrogen-bond acceptors (Lipinski definition) is 4. The molecule has 5 rings (SSSR count). The van der Waals surface area contributed by atoms with Crippen molar-refractivity contribution >= 4 is 29.0 Å². The average Bonchev–Trinajstić information content (AvgIpc) is 3.15. The van der Waals surface area contributed by atoms with Gasteiger partial charge < -0.3 is 9.80 Å². The van der Waals surface area contributed by atoms with Gasteiger partial charge in [-0.25, -0.2) is 4.98 Å². The lowest BCUT2D eigenvalue weighted by Gasteiger charge is -2.33. The molecule has 0 saturated carbocycles. The van der Waals surface area contributed by atoms with Crippen LogP contribution in [-0.2, 0) is 6.18 Å². The van der Waals surface area contributed by atoms with E-state index in [9.17, 15) is 18.0 Å². The van der Waals surface area contributed by atoms with Crippen molar-refractivity contribution in [2.45, 2.75) is 25.6 Å². The molecule has 2 aliphatic rings. The van der Waals surface area contributed by atoms with Gasteiger partial charge in [-0.05, 0) is 49.2 Å². The number of aromatic nitrogens is 3. The van der Waals surface area contributed by atoms with Crippen LogP contribution in [0.5, 0.6) is 0 Å². The molecule has 1 aromatic carbocycles. The average molecular weight is 462 g/mol. The highest BCUT2D eigenvalue weighted by molar-refractivity contribution is 6.31. The second-order valence-corrected chi connectivity index (χ2v) is 8.43. The molecule has 4 heterocycles. The maximum Gasteiger partial charge on any atom is 0.417 e. The van der Waals surface area contributed by atoms with Crippen LogP contribution in [0.25, 0.3) is 11.1 Å². The Bertz CT molecular complexity index is 1200. The number of hydrogen-bond donors (Lipinski definition) is 0. The Kier molecular flexibility index (Phi) is 4.88. The Hall–Kier alpha value is -3.07. The summed E-state index contributed by atoms with van der Waals surface area (Å²) in [7, 11) is 0. The van der Waals surface area contributed by atoms with Gasteiger partial charge in [-0.1, -0.05) is 11.6 Å². The van der Waals surface area contributed by atoms with E-state index in [0.29, 0.717) is 16.9 Å². The third-order valence-electron chi connectivity index (χ3n) is 5.91. The van der Waals surface area contributed by atoms with Gasteiger partial charge in [-0.2, -0.15) is 18.3 Å². The van der Waals surface area contributed by atoms with Gasteiger partial charge in [0.15, 0.2) is 0 Å².